The highest BCUT2D eigenvalue weighted by Crippen LogP contribution is 2.33. The molecule has 0 atom stereocenters. The molecule has 1 fully saturated rings. The lowest BCUT2D eigenvalue weighted by Gasteiger charge is -2.29. The Bertz CT molecular complexity index is 471. The number of hydrogen-bond donors (Lipinski definition) is 0. The Hall–Kier alpha value is -0.870. The second-order valence-corrected chi connectivity index (χ2v) is 5.52. The number of imide groups is 1. The van der Waals surface area contributed by atoms with Crippen molar-refractivity contribution in [2.24, 2.45) is 5.92 Å². The fourth-order valence-corrected chi connectivity index (χ4v) is 2.78. The van der Waals surface area contributed by atoms with Gasteiger partial charge >= 0.3 is 0 Å². The van der Waals surface area contributed by atoms with Crippen LogP contribution in [0.2, 0.25) is 5.02 Å². The molecule has 90 valence electrons. The Morgan fingerprint density at radius 2 is 1.88 bits per heavy atom. The zero-order valence-corrected chi connectivity index (χ0v) is 11.6. The normalized spacial score (nSPS) is 17.7. The molecular weight excluding hydrogens is 305 g/mol. The van der Waals surface area contributed by atoms with Crippen LogP contribution in [0.25, 0.3) is 0 Å². The van der Waals surface area contributed by atoms with Crippen molar-refractivity contribution in [2.45, 2.75) is 19.8 Å². The highest BCUT2D eigenvalue weighted by atomic mass is 79.9. The number of benzene rings is 1. The van der Waals surface area contributed by atoms with E-state index in [4.69, 9.17) is 11.6 Å². The quantitative estimate of drug-likeness (QED) is 0.745. The van der Waals surface area contributed by atoms with Crippen LogP contribution in [-0.4, -0.2) is 11.8 Å². The van der Waals surface area contributed by atoms with E-state index >= 15 is 0 Å². The SMILES string of the molecule is CC1CC(=O)N(c2ccc(Cl)cc2Br)C(=O)C1. The summed E-state index contributed by atoms with van der Waals surface area (Å²) in [6.07, 6.45) is 0.807. The molecule has 5 heteroatoms. The maximum Gasteiger partial charge on any atom is 0.234 e. The van der Waals surface area contributed by atoms with Gasteiger partial charge in [0.1, 0.15) is 0 Å². The minimum atomic E-state index is -0.156. The van der Waals surface area contributed by atoms with Gasteiger partial charge in [-0.1, -0.05) is 18.5 Å². The number of anilines is 1. The smallest absolute Gasteiger partial charge is 0.234 e. The Morgan fingerprint density at radius 1 is 1.29 bits per heavy atom. The molecule has 0 saturated carbocycles. The third kappa shape index (κ3) is 2.53. The molecule has 0 unspecified atom stereocenters. The van der Waals surface area contributed by atoms with Gasteiger partial charge in [0.15, 0.2) is 0 Å². The number of piperidine rings is 1. The number of amides is 2. The molecule has 2 amide bonds. The first-order valence-corrected chi connectivity index (χ1v) is 6.47. The number of hydrogen-bond acceptors (Lipinski definition) is 2. The average Bonchev–Trinajstić information content (AvgIpc) is 2.19. The van der Waals surface area contributed by atoms with E-state index in [1.165, 1.54) is 4.90 Å². The van der Waals surface area contributed by atoms with Crippen molar-refractivity contribution in [3.8, 4) is 0 Å². The van der Waals surface area contributed by atoms with E-state index in [1.54, 1.807) is 18.2 Å². The zero-order valence-electron chi connectivity index (χ0n) is 9.24. The lowest BCUT2D eigenvalue weighted by molar-refractivity contribution is -0.130. The minimum Gasteiger partial charge on any atom is -0.274 e. The number of carbonyl (C=O) groups excluding carboxylic acids is 2. The van der Waals surface area contributed by atoms with Gasteiger partial charge in [0.25, 0.3) is 0 Å². The molecule has 1 aliphatic rings. The van der Waals surface area contributed by atoms with Gasteiger partial charge in [0.05, 0.1) is 5.69 Å². The molecule has 2 rings (SSSR count). The van der Waals surface area contributed by atoms with E-state index in [2.05, 4.69) is 15.9 Å². The van der Waals surface area contributed by atoms with Gasteiger partial charge < -0.3 is 0 Å². The van der Waals surface area contributed by atoms with Crippen molar-refractivity contribution in [1.82, 2.24) is 0 Å². The number of rotatable bonds is 1. The van der Waals surface area contributed by atoms with E-state index in [0.29, 0.717) is 28.0 Å². The van der Waals surface area contributed by atoms with Gasteiger partial charge in [-0.15, -0.1) is 0 Å². The lowest BCUT2D eigenvalue weighted by Crippen LogP contribution is -2.43. The standard InChI is InChI=1S/C12H11BrClNO2/c1-7-4-11(16)15(12(17)5-7)10-3-2-8(14)6-9(10)13/h2-3,6-7H,4-5H2,1H3. The molecule has 17 heavy (non-hydrogen) atoms. The largest absolute Gasteiger partial charge is 0.274 e. The molecule has 0 N–H and O–H groups in total. The summed E-state index contributed by atoms with van der Waals surface area (Å²) in [5.74, 6) is -0.189. The van der Waals surface area contributed by atoms with Gasteiger partial charge in [0.2, 0.25) is 11.8 Å². The van der Waals surface area contributed by atoms with Crippen LogP contribution in [0.5, 0.6) is 0 Å². The average molecular weight is 317 g/mol. The molecule has 0 aromatic heterocycles. The van der Waals surface area contributed by atoms with Crippen molar-refractivity contribution in [1.29, 1.82) is 0 Å². The van der Waals surface area contributed by atoms with Crippen LogP contribution < -0.4 is 4.90 Å². The second-order valence-electron chi connectivity index (χ2n) is 4.23. The Balaban J connectivity index is 2.38. The van der Waals surface area contributed by atoms with E-state index in [1.807, 2.05) is 6.92 Å². The summed E-state index contributed by atoms with van der Waals surface area (Å²) >= 11 is 9.16. The molecule has 1 aromatic carbocycles. The molecule has 0 bridgehead atoms. The number of carbonyl (C=O) groups is 2. The summed E-state index contributed by atoms with van der Waals surface area (Å²) in [5.41, 5.74) is 0.566. The third-order valence-corrected chi connectivity index (χ3v) is 3.57. The van der Waals surface area contributed by atoms with Crippen molar-refractivity contribution in [3.63, 3.8) is 0 Å². The summed E-state index contributed by atoms with van der Waals surface area (Å²) in [5, 5.41) is 0.561. The summed E-state index contributed by atoms with van der Waals surface area (Å²) in [4.78, 5) is 25.0. The summed E-state index contributed by atoms with van der Waals surface area (Å²) in [7, 11) is 0. The van der Waals surface area contributed by atoms with Crippen LogP contribution in [0.15, 0.2) is 22.7 Å². The van der Waals surface area contributed by atoms with Crippen molar-refractivity contribution in [3.05, 3.63) is 27.7 Å². The van der Waals surface area contributed by atoms with E-state index < -0.39 is 0 Å². The predicted molar refractivity (Wildman–Crippen MR) is 70.0 cm³/mol. The van der Waals surface area contributed by atoms with Crippen LogP contribution in [0.4, 0.5) is 5.69 Å². The topological polar surface area (TPSA) is 37.4 Å². The Labute approximate surface area is 113 Å². The van der Waals surface area contributed by atoms with Crippen molar-refractivity contribution in [2.75, 3.05) is 4.90 Å². The Kier molecular flexibility index (Phi) is 3.54. The van der Waals surface area contributed by atoms with Crippen LogP contribution in [-0.2, 0) is 9.59 Å². The van der Waals surface area contributed by atoms with Crippen molar-refractivity contribution < 1.29 is 9.59 Å². The number of nitrogens with zero attached hydrogens (tertiary/aromatic N) is 1. The first-order valence-electron chi connectivity index (χ1n) is 5.30. The minimum absolute atomic E-state index is 0.123. The number of halogens is 2. The fourth-order valence-electron chi connectivity index (χ4n) is 1.92. The van der Waals surface area contributed by atoms with Crippen LogP contribution in [0.1, 0.15) is 19.8 Å². The zero-order chi connectivity index (χ0) is 12.6. The van der Waals surface area contributed by atoms with Gasteiger partial charge in [-0.2, -0.15) is 0 Å². The summed E-state index contributed by atoms with van der Waals surface area (Å²) in [6.45, 7) is 1.91. The van der Waals surface area contributed by atoms with Crippen molar-refractivity contribution >= 4 is 45.0 Å². The monoisotopic (exact) mass is 315 g/mol. The van der Waals surface area contributed by atoms with Crippen LogP contribution >= 0.6 is 27.5 Å². The maximum atomic E-state index is 11.9. The van der Waals surface area contributed by atoms with Crippen LogP contribution in [0.3, 0.4) is 0 Å². The highest BCUT2D eigenvalue weighted by Gasteiger charge is 2.32. The lowest BCUT2D eigenvalue weighted by atomic mass is 9.97. The first-order chi connectivity index (χ1) is 7.99. The molecule has 1 aliphatic heterocycles. The summed E-state index contributed by atoms with van der Waals surface area (Å²) < 4.78 is 0.654. The molecule has 0 radical (unpaired) electrons. The highest BCUT2D eigenvalue weighted by molar-refractivity contribution is 9.10. The molecule has 3 nitrogen and oxygen atoms in total. The Morgan fingerprint density at radius 3 is 2.41 bits per heavy atom. The molecule has 1 saturated heterocycles. The van der Waals surface area contributed by atoms with E-state index in [0.717, 1.165) is 0 Å². The maximum absolute atomic E-state index is 11.9. The molecule has 0 spiro atoms. The van der Waals surface area contributed by atoms with Gasteiger partial charge in [0, 0.05) is 22.3 Å². The molecule has 1 heterocycles. The van der Waals surface area contributed by atoms with E-state index in [-0.39, 0.29) is 17.7 Å². The van der Waals surface area contributed by atoms with Gasteiger partial charge in [-0.25, -0.2) is 4.90 Å². The summed E-state index contributed by atoms with van der Waals surface area (Å²) in [6, 6.07) is 5.02. The molecule has 0 aliphatic carbocycles. The van der Waals surface area contributed by atoms with E-state index in [9.17, 15) is 9.59 Å². The third-order valence-electron chi connectivity index (χ3n) is 2.70. The fraction of sp³-hybridized carbons (Fsp3) is 0.333. The van der Waals surface area contributed by atoms with Gasteiger partial charge in [-0.05, 0) is 40.0 Å². The first kappa shape index (κ1) is 12.6. The van der Waals surface area contributed by atoms with Gasteiger partial charge in [-0.3, -0.25) is 9.59 Å². The molecular formula is C12H11BrClNO2. The predicted octanol–water partition coefficient (Wildman–Crippen LogP) is 3.39. The van der Waals surface area contributed by atoms with Crippen LogP contribution in [0, 0.1) is 5.92 Å². The second kappa shape index (κ2) is 4.78. The molecule has 1 aromatic rings.